The van der Waals surface area contributed by atoms with Crippen molar-refractivity contribution in [3.63, 3.8) is 0 Å². The van der Waals surface area contributed by atoms with Crippen LogP contribution in [0, 0.1) is 6.92 Å². The van der Waals surface area contributed by atoms with Crippen LogP contribution in [-0.4, -0.2) is 64.9 Å². The second kappa shape index (κ2) is 46.1. The molecule has 17 nitrogen and oxygen atoms in total. The number of phosphoric ester groups is 2. The molecule has 0 amide bonds. The van der Waals surface area contributed by atoms with E-state index in [1.165, 1.54) is 197 Å². The fourth-order valence-electron chi connectivity index (χ4n) is 10.4. The highest BCUT2D eigenvalue weighted by molar-refractivity contribution is 7.61. The number of hydrogen-bond acceptors (Lipinski definition) is 14. The van der Waals surface area contributed by atoms with E-state index in [1.54, 1.807) is 48.5 Å². The van der Waals surface area contributed by atoms with Crippen molar-refractivity contribution in [1.82, 2.24) is 9.55 Å². The molecule has 1 aliphatic rings. The summed E-state index contributed by atoms with van der Waals surface area (Å²) in [5.41, 5.74) is -0.148. The number of ether oxygens (including phenoxy) is 3. The summed E-state index contributed by atoms with van der Waals surface area (Å²) in [5.74, 6) is -0.0893. The predicted molar refractivity (Wildman–Crippen MR) is 347 cm³/mol. The van der Waals surface area contributed by atoms with Crippen molar-refractivity contribution in [1.29, 1.82) is 0 Å². The van der Waals surface area contributed by atoms with E-state index in [0.717, 1.165) is 55.9 Å². The zero-order valence-corrected chi connectivity index (χ0v) is 56.4. The molecule has 0 spiro atoms. The highest BCUT2D eigenvalue weighted by Crippen LogP contribution is 2.62. The van der Waals surface area contributed by atoms with Gasteiger partial charge in [-0.25, -0.2) is 13.7 Å². The van der Waals surface area contributed by atoms with Crippen molar-refractivity contribution >= 4 is 27.6 Å². The first-order valence-electron chi connectivity index (χ1n) is 33.7. The lowest BCUT2D eigenvalue weighted by Crippen LogP contribution is -2.50. The Bertz CT molecular complexity index is 2420. The van der Waals surface area contributed by atoms with Crippen LogP contribution in [0.4, 0.5) is 0 Å². The van der Waals surface area contributed by atoms with Gasteiger partial charge in [-0.3, -0.25) is 37.5 Å². The van der Waals surface area contributed by atoms with Gasteiger partial charge in [-0.15, -0.1) is 0 Å². The van der Waals surface area contributed by atoms with Gasteiger partial charge < -0.3 is 28.1 Å². The maximum atomic E-state index is 14.1. The van der Waals surface area contributed by atoms with Crippen LogP contribution in [0.15, 0.2) is 76.5 Å². The maximum Gasteiger partial charge on any atom is 0.481 e. The molecule has 2 heterocycles. The van der Waals surface area contributed by atoms with Gasteiger partial charge in [-0.05, 0) is 86.9 Å². The van der Waals surface area contributed by atoms with Crippen LogP contribution in [0.1, 0.15) is 270 Å². The molecular formula is C68H113N3O14P2. The number of carbonyl (C=O) groups excluding carboxylic acids is 2. The van der Waals surface area contributed by atoms with Crippen LogP contribution >= 0.6 is 15.6 Å². The first-order chi connectivity index (χ1) is 42.0. The molecule has 3 aromatic rings. The minimum absolute atomic E-state index is 0.262. The fourth-order valence-corrected chi connectivity index (χ4v) is 13.0. The Morgan fingerprint density at radius 1 is 0.529 bits per heavy atom. The van der Waals surface area contributed by atoms with Crippen LogP contribution in [-0.2, 0) is 54.6 Å². The Labute approximate surface area is 523 Å². The van der Waals surface area contributed by atoms with Gasteiger partial charge in [0, 0.05) is 24.6 Å². The number of aromatic amines is 1. The summed E-state index contributed by atoms with van der Waals surface area (Å²) >= 11 is 0. The molecule has 0 radical (unpaired) electrons. The average molecular weight is 1260 g/mol. The van der Waals surface area contributed by atoms with Crippen molar-refractivity contribution in [3.8, 4) is 11.5 Å². The summed E-state index contributed by atoms with van der Waals surface area (Å²) in [6.45, 7) is 19.5. The molecule has 1 unspecified atom stereocenters. The molecule has 1 N–H and O–H groups in total. The van der Waals surface area contributed by atoms with E-state index in [2.05, 4.69) is 46.5 Å². The van der Waals surface area contributed by atoms with E-state index >= 15 is 0 Å². The first-order valence-corrected chi connectivity index (χ1v) is 36.6. The Morgan fingerprint density at radius 3 is 1.28 bits per heavy atom. The molecule has 3 atom stereocenters. The molecule has 0 bridgehead atoms. The normalized spacial score (nSPS) is 14.9. The lowest BCUT2D eigenvalue weighted by molar-refractivity contribution is -0.929. The number of rotatable bonds is 50. The standard InChI is InChI=1S/C52H78N2O14P2.C16H36N/c1-4-6-8-10-12-14-16-18-20-22-24-26-49(55)66-45-32-28-43(29-33-45)39-63-70(61,68-69(59,60)62-41-47-36-37-48(65-47)54-38-42(3)51(57)53-52(54)58)64-40-44-30-34-46(35-31-44)67-50(56)27-25-23-21-19-17-15-13-11-9-7-5-2;1-5-9-13-17(14-10-6-2,15-11-7-3)16-12-8-4/h28-38,47-48H,4-27,39-41H2,1-3H3,(H,59,60)(H,53,57,58);5-16H2,1-4H3/q;+1/p-1/t47-,48+;/m0./s1. The van der Waals surface area contributed by atoms with Crippen molar-refractivity contribution in [2.45, 2.75) is 279 Å². The van der Waals surface area contributed by atoms with E-state index < -0.39 is 59.0 Å². The molecule has 19 heteroatoms. The SMILES string of the molecule is CCCCCCCCCCCCCC(=O)Oc1ccc(COP(=O)(OCc2ccc(OC(=O)CCCCCCCCCCCCC)cc2)OP(=O)([O-])OC[C@@H]2C=C[C@H](n3cc(C)c(=O)[nH]c3=O)O2)cc1.CCCC[N+](CCCC)(CCCC)CCCC. The van der Waals surface area contributed by atoms with Gasteiger partial charge in [0.05, 0.1) is 46.0 Å². The number of esters is 2. The van der Waals surface area contributed by atoms with E-state index in [1.807, 2.05) is 0 Å². The smallest absolute Gasteiger partial charge is 0.481 e. The zero-order chi connectivity index (χ0) is 63.4. The van der Waals surface area contributed by atoms with Crippen molar-refractivity contribution in [3.05, 3.63) is 104 Å². The van der Waals surface area contributed by atoms with Gasteiger partial charge in [-0.1, -0.05) is 226 Å². The van der Waals surface area contributed by atoms with E-state index in [4.69, 9.17) is 32.1 Å². The maximum absolute atomic E-state index is 14.1. The number of carbonyl (C=O) groups is 2. The summed E-state index contributed by atoms with van der Waals surface area (Å²) in [6, 6.07) is 12.4. The summed E-state index contributed by atoms with van der Waals surface area (Å²) < 4.78 is 67.6. The summed E-state index contributed by atoms with van der Waals surface area (Å²) in [4.78, 5) is 64.6. The number of H-pyrrole nitrogens is 1. The lowest BCUT2D eigenvalue weighted by Gasteiger charge is -2.39. The average Bonchev–Trinajstić information content (AvgIpc) is 2.63. The topological polar surface area (TPSA) is 211 Å². The predicted octanol–water partition coefficient (Wildman–Crippen LogP) is 17.6. The summed E-state index contributed by atoms with van der Waals surface area (Å²) in [5, 5.41) is 0. The van der Waals surface area contributed by atoms with Crippen LogP contribution in [0.2, 0.25) is 0 Å². The molecule has 1 aromatic heterocycles. The summed E-state index contributed by atoms with van der Waals surface area (Å²) in [6.07, 6.45) is 39.8. The van der Waals surface area contributed by atoms with Crippen LogP contribution in [0.3, 0.4) is 0 Å². The van der Waals surface area contributed by atoms with E-state index in [0.29, 0.717) is 35.5 Å². The number of aryl methyl sites for hydroxylation is 1. The number of phosphoric acid groups is 2. The molecule has 1 aliphatic heterocycles. The Morgan fingerprint density at radius 2 is 0.897 bits per heavy atom. The fraction of sp³-hybridized carbons (Fsp3) is 0.706. The minimum Gasteiger partial charge on any atom is -0.756 e. The molecule has 2 aromatic carbocycles. The van der Waals surface area contributed by atoms with Gasteiger partial charge in [0.15, 0.2) is 6.23 Å². The third kappa shape index (κ3) is 34.7. The Balaban J connectivity index is 0.00000101. The molecule has 4 rings (SSSR count). The van der Waals surface area contributed by atoms with E-state index in [-0.39, 0.29) is 17.5 Å². The number of aromatic nitrogens is 2. The largest absolute Gasteiger partial charge is 0.756 e. The molecule has 0 fully saturated rings. The molecule has 87 heavy (non-hydrogen) atoms. The van der Waals surface area contributed by atoms with Crippen LogP contribution < -0.4 is 25.6 Å². The van der Waals surface area contributed by atoms with Crippen molar-refractivity contribution < 1.29 is 60.2 Å². The molecule has 494 valence electrons. The van der Waals surface area contributed by atoms with Crippen LogP contribution in [0.5, 0.6) is 11.5 Å². The quantitative estimate of drug-likeness (QED) is 0.0139. The van der Waals surface area contributed by atoms with Crippen LogP contribution in [0.25, 0.3) is 0 Å². The minimum atomic E-state index is -5.43. The summed E-state index contributed by atoms with van der Waals surface area (Å²) in [7, 11) is -10.4. The van der Waals surface area contributed by atoms with Crippen molar-refractivity contribution in [2.75, 3.05) is 32.8 Å². The number of benzene rings is 2. The van der Waals surface area contributed by atoms with Gasteiger partial charge in [0.1, 0.15) is 17.6 Å². The molecule has 0 saturated heterocycles. The monoisotopic (exact) mass is 1260 g/mol. The van der Waals surface area contributed by atoms with Gasteiger partial charge in [0.2, 0.25) is 0 Å². The Kier molecular flexibility index (Phi) is 40.9. The third-order valence-electron chi connectivity index (χ3n) is 15.8. The molecule has 0 aliphatic carbocycles. The number of unbranched alkanes of at least 4 members (excludes halogenated alkanes) is 24. The van der Waals surface area contributed by atoms with Crippen molar-refractivity contribution in [2.24, 2.45) is 0 Å². The highest BCUT2D eigenvalue weighted by atomic mass is 31.3. The van der Waals surface area contributed by atoms with Gasteiger partial charge in [0.25, 0.3) is 13.4 Å². The number of nitrogens with one attached hydrogen (secondary N) is 1. The van der Waals surface area contributed by atoms with E-state index in [9.17, 15) is 33.2 Å². The lowest BCUT2D eigenvalue weighted by atomic mass is 10.1. The zero-order valence-electron chi connectivity index (χ0n) is 54.6. The molecular weight excluding hydrogens is 1140 g/mol. The second-order valence-electron chi connectivity index (χ2n) is 23.7. The first kappa shape index (κ1) is 77.2. The van der Waals surface area contributed by atoms with Gasteiger partial charge >= 0.3 is 25.5 Å². The Hall–Kier alpha value is -4.02. The number of hydrogen-bond donors (Lipinski definition) is 1. The van der Waals surface area contributed by atoms with Gasteiger partial charge in [-0.2, -0.15) is 0 Å². The highest BCUT2D eigenvalue weighted by Gasteiger charge is 2.35. The number of nitrogens with zero attached hydrogens (tertiary/aromatic N) is 2. The second-order valence-corrected chi connectivity index (χ2v) is 26.9. The number of quaternary nitrogens is 1. The third-order valence-corrected chi connectivity index (χ3v) is 18.8. The molecule has 0 saturated carbocycles.